The van der Waals surface area contributed by atoms with Gasteiger partial charge in [0.1, 0.15) is 0 Å². The molecule has 0 radical (unpaired) electrons. The Bertz CT molecular complexity index is 513. The number of hydrogen-bond donors (Lipinski definition) is 2. The molecule has 1 aromatic carbocycles. The Labute approximate surface area is 138 Å². The normalized spacial score (nSPS) is 18.7. The molecule has 0 bridgehead atoms. The minimum absolute atomic E-state index is 0.0118. The van der Waals surface area contributed by atoms with Crippen LogP contribution in [0.3, 0.4) is 0 Å². The molecule has 2 rings (SSSR count). The van der Waals surface area contributed by atoms with Gasteiger partial charge in [-0.3, -0.25) is 9.59 Å². The number of ether oxygens (including phenoxy) is 1. The zero-order chi connectivity index (χ0) is 15.9. The summed E-state index contributed by atoms with van der Waals surface area (Å²) in [5.41, 5.74) is 0.899. The molecule has 2 unspecified atom stereocenters. The Balaban J connectivity index is 2.08. The van der Waals surface area contributed by atoms with Crippen LogP contribution in [-0.2, 0) is 14.3 Å². The Kier molecular flexibility index (Phi) is 6.39. The van der Waals surface area contributed by atoms with Crippen LogP contribution in [0.4, 0.5) is 0 Å². The maximum absolute atomic E-state index is 12.3. The van der Waals surface area contributed by atoms with Gasteiger partial charge in [0.15, 0.2) is 0 Å². The highest BCUT2D eigenvalue weighted by atomic mass is 79.9. The molecule has 22 heavy (non-hydrogen) atoms. The van der Waals surface area contributed by atoms with Crippen molar-refractivity contribution in [2.24, 2.45) is 5.92 Å². The second-order valence-electron chi connectivity index (χ2n) is 5.31. The van der Waals surface area contributed by atoms with E-state index in [4.69, 9.17) is 4.74 Å². The van der Waals surface area contributed by atoms with Crippen LogP contribution in [0.2, 0.25) is 0 Å². The Hall–Kier alpha value is -1.40. The van der Waals surface area contributed by atoms with Crippen molar-refractivity contribution >= 4 is 27.8 Å². The van der Waals surface area contributed by atoms with Gasteiger partial charge in [0.05, 0.1) is 25.0 Å². The Morgan fingerprint density at radius 3 is 2.73 bits per heavy atom. The molecule has 0 spiro atoms. The first-order valence-electron chi connectivity index (χ1n) is 7.52. The summed E-state index contributed by atoms with van der Waals surface area (Å²) in [6.07, 6.45) is 0.972. The van der Waals surface area contributed by atoms with Crippen LogP contribution in [0, 0.1) is 5.92 Å². The summed E-state index contributed by atoms with van der Waals surface area (Å²) in [5, 5.41) is 6.17. The van der Waals surface area contributed by atoms with Crippen molar-refractivity contribution in [3.63, 3.8) is 0 Å². The van der Waals surface area contributed by atoms with Crippen molar-refractivity contribution in [3.05, 3.63) is 34.3 Å². The molecule has 1 saturated heterocycles. The van der Waals surface area contributed by atoms with Crippen molar-refractivity contribution in [1.82, 2.24) is 10.6 Å². The Morgan fingerprint density at radius 1 is 1.41 bits per heavy atom. The van der Waals surface area contributed by atoms with Gasteiger partial charge >= 0.3 is 5.97 Å². The van der Waals surface area contributed by atoms with E-state index in [9.17, 15) is 9.59 Å². The fraction of sp³-hybridized carbons (Fsp3) is 0.500. The number of rotatable bonds is 6. The predicted molar refractivity (Wildman–Crippen MR) is 87.3 cm³/mol. The third kappa shape index (κ3) is 4.81. The largest absolute Gasteiger partial charge is 0.466 e. The summed E-state index contributed by atoms with van der Waals surface area (Å²) in [4.78, 5) is 24.1. The molecule has 5 nitrogen and oxygen atoms in total. The lowest BCUT2D eigenvalue weighted by Gasteiger charge is -2.20. The van der Waals surface area contributed by atoms with Gasteiger partial charge in [0, 0.05) is 11.0 Å². The van der Waals surface area contributed by atoms with Crippen LogP contribution < -0.4 is 10.6 Å². The van der Waals surface area contributed by atoms with Gasteiger partial charge in [-0.15, -0.1) is 0 Å². The molecular weight excluding hydrogens is 348 g/mol. The first kappa shape index (κ1) is 17.0. The third-order valence-electron chi connectivity index (χ3n) is 3.70. The van der Waals surface area contributed by atoms with Gasteiger partial charge in [0.2, 0.25) is 5.91 Å². The van der Waals surface area contributed by atoms with E-state index in [1.807, 2.05) is 24.3 Å². The molecule has 1 aromatic rings. The monoisotopic (exact) mass is 368 g/mol. The molecule has 1 aliphatic rings. The average Bonchev–Trinajstić information content (AvgIpc) is 3.02. The molecule has 2 atom stereocenters. The van der Waals surface area contributed by atoms with E-state index in [0.29, 0.717) is 13.2 Å². The van der Waals surface area contributed by atoms with Gasteiger partial charge < -0.3 is 15.4 Å². The van der Waals surface area contributed by atoms with Crippen molar-refractivity contribution < 1.29 is 14.3 Å². The van der Waals surface area contributed by atoms with E-state index in [0.717, 1.165) is 23.0 Å². The number of halogens is 1. The van der Waals surface area contributed by atoms with E-state index >= 15 is 0 Å². The SMILES string of the molecule is CCOC(=O)CC(NC(=O)C1CCNC1)c1ccc(Br)cc1. The number of carbonyl (C=O) groups excluding carboxylic acids is 2. The van der Waals surface area contributed by atoms with Crippen molar-refractivity contribution in [3.8, 4) is 0 Å². The summed E-state index contributed by atoms with van der Waals surface area (Å²) in [6, 6.07) is 7.25. The summed E-state index contributed by atoms with van der Waals surface area (Å²) < 4.78 is 5.97. The number of amides is 1. The summed E-state index contributed by atoms with van der Waals surface area (Å²) in [5.74, 6) is -0.345. The van der Waals surface area contributed by atoms with Crippen molar-refractivity contribution in [1.29, 1.82) is 0 Å². The van der Waals surface area contributed by atoms with E-state index < -0.39 is 0 Å². The quantitative estimate of drug-likeness (QED) is 0.755. The summed E-state index contributed by atoms with van der Waals surface area (Å²) in [7, 11) is 0. The molecule has 120 valence electrons. The lowest BCUT2D eigenvalue weighted by atomic mass is 10.0. The lowest BCUT2D eigenvalue weighted by molar-refractivity contribution is -0.143. The zero-order valence-corrected chi connectivity index (χ0v) is 14.2. The molecule has 1 aliphatic heterocycles. The van der Waals surface area contributed by atoms with E-state index in [1.165, 1.54) is 0 Å². The maximum atomic E-state index is 12.3. The van der Waals surface area contributed by atoms with Gasteiger partial charge in [-0.05, 0) is 37.6 Å². The van der Waals surface area contributed by atoms with Gasteiger partial charge in [-0.1, -0.05) is 28.1 Å². The third-order valence-corrected chi connectivity index (χ3v) is 4.22. The fourth-order valence-electron chi connectivity index (χ4n) is 2.50. The van der Waals surface area contributed by atoms with Crippen LogP contribution in [-0.4, -0.2) is 31.6 Å². The minimum atomic E-state index is -0.361. The molecule has 2 N–H and O–H groups in total. The van der Waals surface area contributed by atoms with Gasteiger partial charge in [0.25, 0.3) is 0 Å². The second-order valence-corrected chi connectivity index (χ2v) is 6.23. The molecule has 1 heterocycles. The number of esters is 1. The topological polar surface area (TPSA) is 67.4 Å². The molecule has 0 aromatic heterocycles. The number of carbonyl (C=O) groups is 2. The van der Waals surface area contributed by atoms with E-state index in [2.05, 4.69) is 26.6 Å². The first-order valence-corrected chi connectivity index (χ1v) is 8.31. The maximum Gasteiger partial charge on any atom is 0.308 e. The van der Waals surface area contributed by atoms with Crippen LogP contribution in [0.25, 0.3) is 0 Å². The van der Waals surface area contributed by atoms with E-state index in [1.54, 1.807) is 6.92 Å². The lowest BCUT2D eigenvalue weighted by Crippen LogP contribution is -2.36. The highest BCUT2D eigenvalue weighted by Crippen LogP contribution is 2.21. The van der Waals surface area contributed by atoms with Gasteiger partial charge in [-0.25, -0.2) is 0 Å². The highest BCUT2D eigenvalue weighted by Gasteiger charge is 2.26. The molecular formula is C16H21BrN2O3. The second kappa shape index (κ2) is 8.29. The van der Waals surface area contributed by atoms with Gasteiger partial charge in [-0.2, -0.15) is 0 Å². The highest BCUT2D eigenvalue weighted by molar-refractivity contribution is 9.10. The fourth-order valence-corrected chi connectivity index (χ4v) is 2.77. The minimum Gasteiger partial charge on any atom is -0.466 e. The molecule has 1 fully saturated rings. The summed E-state index contributed by atoms with van der Waals surface area (Å²) in [6.45, 7) is 3.67. The number of hydrogen-bond acceptors (Lipinski definition) is 4. The smallest absolute Gasteiger partial charge is 0.308 e. The number of benzene rings is 1. The number of nitrogens with one attached hydrogen (secondary N) is 2. The molecule has 6 heteroatoms. The molecule has 1 amide bonds. The predicted octanol–water partition coefficient (Wildman–Crippen LogP) is 2.17. The standard InChI is InChI=1S/C16H21BrN2O3/c1-2-22-15(20)9-14(11-3-5-13(17)6-4-11)19-16(21)12-7-8-18-10-12/h3-6,12,14,18H,2,7-10H2,1H3,(H,19,21). The zero-order valence-electron chi connectivity index (χ0n) is 12.6. The molecule has 0 aliphatic carbocycles. The van der Waals surface area contributed by atoms with Crippen molar-refractivity contribution in [2.45, 2.75) is 25.8 Å². The average molecular weight is 369 g/mol. The molecule has 0 saturated carbocycles. The summed E-state index contributed by atoms with van der Waals surface area (Å²) >= 11 is 3.39. The van der Waals surface area contributed by atoms with Crippen LogP contribution in [0.1, 0.15) is 31.4 Å². The van der Waals surface area contributed by atoms with Crippen molar-refractivity contribution in [2.75, 3.05) is 19.7 Å². The first-order chi connectivity index (χ1) is 10.6. The van der Waals surface area contributed by atoms with Crippen LogP contribution in [0.5, 0.6) is 0 Å². The van der Waals surface area contributed by atoms with Crippen LogP contribution >= 0.6 is 15.9 Å². The van der Waals surface area contributed by atoms with Crippen LogP contribution in [0.15, 0.2) is 28.7 Å². The Morgan fingerprint density at radius 2 is 2.14 bits per heavy atom. The van der Waals surface area contributed by atoms with E-state index in [-0.39, 0.29) is 30.3 Å².